The monoisotopic (exact) mass is 377 g/mol. The highest BCUT2D eigenvalue weighted by molar-refractivity contribution is 7.89. The Labute approximate surface area is 153 Å². The zero-order valence-electron chi connectivity index (χ0n) is 15.3. The molecule has 0 bridgehead atoms. The summed E-state index contributed by atoms with van der Waals surface area (Å²) >= 11 is 0. The number of aromatic nitrogens is 2. The average Bonchev–Trinajstić information content (AvgIpc) is 3.21. The van der Waals surface area contributed by atoms with Crippen LogP contribution in [0.4, 0.5) is 5.69 Å². The van der Waals surface area contributed by atoms with Gasteiger partial charge in [-0.3, -0.25) is 9.48 Å². The summed E-state index contributed by atoms with van der Waals surface area (Å²) in [7, 11) is 2.94. The van der Waals surface area contributed by atoms with Crippen molar-refractivity contribution in [3.8, 4) is 0 Å². The van der Waals surface area contributed by atoms with Gasteiger partial charge >= 0.3 is 0 Å². The molecule has 0 saturated heterocycles. The maximum Gasteiger partial charge on any atom is 0.248 e. The SMILES string of the molecule is CNC(C(=O)N1CCc2ccc(S(=O)(=O)N(C)C)cc21)c1cnn(C)c1. The van der Waals surface area contributed by atoms with Crippen molar-refractivity contribution in [2.45, 2.75) is 17.4 Å². The van der Waals surface area contributed by atoms with Gasteiger partial charge in [0.15, 0.2) is 0 Å². The third-order valence-corrected chi connectivity index (χ3v) is 6.40. The van der Waals surface area contributed by atoms with Gasteiger partial charge in [0.1, 0.15) is 6.04 Å². The number of likely N-dealkylation sites (N-methyl/N-ethyl adjacent to an activating group) is 1. The summed E-state index contributed by atoms with van der Waals surface area (Å²) < 4.78 is 27.7. The molecule has 2 heterocycles. The molecule has 140 valence electrons. The van der Waals surface area contributed by atoms with Crippen LogP contribution >= 0.6 is 0 Å². The summed E-state index contributed by atoms with van der Waals surface area (Å²) in [6, 6.07) is 4.44. The Balaban J connectivity index is 1.96. The minimum atomic E-state index is -3.56. The first-order valence-electron chi connectivity index (χ1n) is 8.28. The lowest BCUT2D eigenvalue weighted by Crippen LogP contribution is -2.39. The molecule has 3 rings (SSSR count). The normalized spacial score (nSPS) is 15.3. The van der Waals surface area contributed by atoms with Crippen LogP contribution in [-0.2, 0) is 28.3 Å². The number of fused-ring (bicyclic) bond motifs is 1. The molecular weight excluding hydrogens is 354 g/mol. The molecule has 1 N–H and O–H groups in total. The summed E-state index contributed by atoms with van der Waals surface area (Å²) in [6.07, 6.45) is 4.15. The van der Waals surface area contributed by atoms with Gasteiger partial charge in [-0.05, 0) is 31.2 Å². The van der Waals surface area contributed by atoms with Crippen molar-refractivity contribution in [3.05, 3.63) is 41.7 Å². The standard InChI is InChI=1S/C17H23N5O3S/c1-18-16(13-10-19-21(4)11-13)17(23)22-8-7-12-5-6-14(9-15(12)22)26(24,25)20(2)3/h5-6,9-11,16,18H,7-8H2,1-4H3. The number of sulfonamides is 1. The number of hydrogen-bond donors (Lipinski definition) is 1. The quantitative estimate of drug-likeness (QED) is 0.821. The van der Waals surface area contributed by atoms with Crippen LogP contribution in [0.15, 0.2) is 35.5 Å². The third-order valence-electron chi connectivity index (χ3n) is 4.59. The summed E-state index contributed by atoms with van der Waals surface area (Å²) in [4.78, 5) is 14.9. The lowest BCUT2D eigenvalue weighted by atomic mass is 10.1. The van der Waals surface area contributed by atoms with Crippen LogP contribution in [0.2, 0.25) is 0 Å². The number of rotatable bonds is 5. The second-order valence-electron chi connectivity index (χ2n) is 6.49. The zero-order valence-corrected chi connectivity index (χ0v) is 16.1. The van der Waals surface area contributed by atoms with Crippen molar-refractivity contribution in [1.29, 1.82) is 0 Å². The molecule has 1 unspecified atom stereocenters. The van der Waals surface area contributed by atoms with Gasteiger partial charge in [0.05, 0.1) is 11.1 Å². The summed E-state index contributed by atoms with van der Waals surface area (Å²) in [5.41, 5.74) is 2.39. The Morgan fingerprint density at radius 3 is 2.65 bits per heavy atom. The molecule has 1 amide bonds. The molecule has 9 heteroatoms. The van der Waals surface area contributed by atoms with Crippen molar-refractivity contribution in [1.82, 2.24) is 19.4 Å². The molecule has 0 saturated carbocycles. The van der Waals surface area contributed by atoms with Gasteiger partial charge in [-0.2, -0.15) is 5.10 Å². The minimum absolute atomic E-state index is 0.126. The number of hydrogen-bond acceptors (Lipinski definition) is 5. The van der Waals surface area contributed by atoms with Gasteiger partial charge in [0.2, 0.25) is 15.9 Å². The van der Waals surface area contributed by atoms with E-state index >= 15 is 0 Å². The van der Waals surface area contributed by atoms with E-state index in [0.717, 1.165) is 11.1 Å². The lowest BCUT2D eigenvalue weighted by Gasteiger charge is -2.23. The van der Waals surface area contributed by atoms with E-state index in [1.807, 2.05) is 0 Å². The number of carbonyl (C=O) groups is 1. The number of aryl methyl sites for hydroxylation is 1. The van der Waals surface area contributed by atoms with Crippen LogP contribution in [0.25, 0.3) is 0 Å². The highest BCUT2D eigenvalue weighted by Gasteiger charge is 2.32. The number of benzene rings is 1. The fourth-order valence-electron chi connectivity index (χ4n) is 3.14. The molecular formula is C17H23N5O3S. The number of anilines is 1. The van der Waals surface area contributed by atoms with Crippen LogP contribution in [0.1, 0.15) is 17.2 Å². The van der Waals surface area contributed by atoms with Gasteiger partial charge in [0, 0.05) is 45.1 Å². The Hall–Kier alpha value is -2.23. The fourth-order valence-corrected chi connectivity index (χ4v) is 4.06. The van der Waals surface area contributed by atoms with Crippen molar-refractivity contribution in [3.63, 3.8) is 0 Å². The molecule has 26 heavy (non-hydrogen) atoms. The molecule has 1 aliphatic heterocycles. The van der Waals surface area contributed by atoms with Crippen molar-refractivity contribution >= 4 is 21.6 Å². The Kier molecular flexibility index (Phi) is 4.87. The Morgan fingerprint density at radius 1 is 1.35 bits per heavy atom. The van der Waals surface area contributed by atoms with Crippen LogP contribution in [0.5, 0.6) is 0 Å². The summed E-state index contributed by atoms with van der Waals surface area (Å²) in [5, 5.41) is 7.16. The van der Waals surface area contributed by atoms with Gasteiger partial charge in [-0.1, -0.05) is 6.07 Å². The molecule has 1 atom stereocenters. The molecule has 8 nitrogen and oxygen atoms in total. The van der Waals surface area contributed by atoms with E-state index in [-0.39, 0.29) is 10.8 Å². The topological polar surface area (TPSA) is 87.5 Å². The summed E-state index contributed by atoms with van der Waals surface area (Å²) in [6.45, 7) is 0.526. The molecule has 0 aliphatic carbocycles. The number of amides is 1. The van der Waals surface area contributed by atoms with Crippen molar-refractivity contribution in [2.75, 3.05) is 32.6 Å². The van der Waals surface area contributed by atoms with E-state index in [0.29, 0.717) is 18.7 Å². The maximum atomic E-state index is 13.1. The van der Waals surface area contributed by atoms with Crippen LogP contribution in [0, 0.1) is 0 Å². The Morgan fingerprint density at radius 2 is 2.08 bits per heavy atom. The molecule has 0 fully saturated rings. The average molecular weight is 377 g/mol. The van der Waals surface area contributed by atoms with Crippen LogP contribution in [0.3, 0.4) is 0 Å². The highest BCUT2D eigenvalue weighted by Crippen LogP contribution is 2.33. The number of nitrogens with one attached hydrogen (secondary N) is 1. The highest BCUT2D eigenvalue weighted by atomic mass is 32.2. The van der Waals surface area contributed by atoms with E-state index in [1.165, 1.54) is 18.4 Å². The van der Waals surface area contributed by atoms with E-state index < -0.39 is 16.1 Å². The maximum absolute atomic E-state index is 13.1. The smallest absolute Gasteiger partial charge is 0.248 e. The second kappa shape index (κ2) is 6.82. The minimum Gasteiger partial charge on any atom is -0.310 e. The third kappa shape index (κ3) is 3.13. The molecule has 1 aromatic carbocycles. The summed E-state index contributed by atoms with van der Waals surface area (Å²) in [5.74, 6) is -0.126. The predicted molar refractivity (Wildman–Crippen MR) is 98.4 cm³/mol. The van der Waals surface area contributed by atoms with Crippen LogP contribution < -0.4 is 10.2 Å². The van der Waals surface area contributed by atoms with Crippen molar-refractivity contribution < 1.29 is 13.2 Å². The molecule has 2 aromatic rings. The van der Waals surface area contributed by atoms with Gasteiger partial charge < -0.3 is 10.2 Å². The number of carbonyl (C=O) groups excluding carboxylic acids is 1. The second-order valence-corrected chi connectivity index (χ2v) is 8.64. The predicted octanol–water partition coefficient (Wildman–Crippen LogP) is 0.520. The largest absolute Gasteiger partial charge is 0.310 e. The molecule has 0 radical (unpaired) electrons. The van der Waals surface area contributed by atoms with E-state index in [2.05, 4.69) is 10.4 Å². The fraction of sp³-hybridized carbons (Fsp3) is 0.412. The van der Waals surface area contributed by atoms with Crippen molar-refractivity contribution in [2.24, 2.45) is 7.05 Å². The van der Waals surface area contributed by atoms with E-state index in [1.54, 1.807) is 54.3 Å². The van der Waals surface area contributed by atoms with Gasteiger partial charge in [0.25, 0.3) is 0 Å². The first-order chi connectivity index (χ1) is 12.3. The Bertz CT molecular complexity index is 936. The van der Waals surface area contributed by atoms with Gasteiger partial charge in [-0.15, -0.1) is 0 Å². The molecule has 1 aromatic heterocycles. The first kappa shape index (κ1) is 18.6. The zero-order chi connectivity index (χ0) is 19.1. The number of nitrogens with zero attached hydrogens (tertiary/aromatic N) is 4. The van der Waals surface area contributed by atoms with Gasteiger partial charge in [-0.25, -0.2) is 12.7 Å². The van der Waals surface area contributed by atoms with E-state index in [9.17, 15) is 13.2 Å². The van der Waals surface area contributed by atoms with E-state index in [4.69, 9.17) is 0 Å². The lowest BCUT2D eigenvalue weighted by molar-refractivity contribution is -0.120. The first-order valence-corrected chi connectivity index (χ1v) is 9.72. The van der Waals surface area contributed by atoms with Crippen LogP contribution in [-0.4, -0.2) is 56.1 Å². The molecule has 0 spiro atoms. The molecule has 1 aliphatic rings.